The molecule has 2 amide bonds. The van der Waals surface area contributed by atoms with Gasteiger partial charge in [-0.3, -0.25) is 19.5 Å². The third-order valence-electron chi connectivity index (χ3n) is 1.74. The highest BCUT2D eigenvalue weighted by Gasteiger charge is 2.19. The summed E-state index contributed by atoms with van der Waals surface area (Å²) < 4.78 is 0. The molecule has 1 rings (SSSR count). The van der Waals surface area contributed by atoms with E-state index in [1.54, 1.807) is 0 Å². The Hall–Kier alpha value is -1.91. The summed E-state index contributed by atoms with van der Waals surface area (Å²) in [6, 6.07) is 0. The summed E-state index contributed by atoms with van der Waals surface area (Å²) in [5, 5.41) is 0. The van der Waals surface area contributed by atoms with Crippen LogP contribution in [-0.2, 0) is 9.59 Å². The Bertz CT molecular complexity index is 309. The first-order chi connectivity index (χ1) is 6.69. The third kappa shape index (κ3) is 2.07. The molecule has 74 valence electrons. The molecule has 0 bridgehead atoms. The van der Waals surface area contributed by atoms with Crippen molar-refractivity contribution in [2.24, 2.45) is 4.99 Å². The van der Waals surface area contributed by atoms with E-state index in [-0.39, 0.29) is 25.2 Å². The van der Waals surface area contributed by atoms with Crippen molar-refractivity contribution in [2.75, 3.05) is 13.3 Å². The zero-order valence-electron chi connectivity index (χ0n) is 7.72. The molecule has 1 aliphatic heterocycles. The van der Waals surface area contributed by atoms with Crippen LogP contribution in [-0.4, -0.2) is 41.3 Å². The van der Waals surface area contributed by atoms with Crippen LogP contribution in [0.15, 0.2) is 30.3 Å². The van der Waals surface area contributed by atoms with Crippen LogP contribution in [0.5, 0.6) is 0 Å². The number of hydrogen-bond donors (Lipinski definition) is 0. The SMILES string of the molecule is C=CC(=O)N1C=NCN(C(=O)C=C)C1. The topological polar surface area (TPSA) is 53.0 Å². The maximum absolute atomic E-state index is 11.2. The molecule has 14 heavy (non-hydrogen) atoms. The molecule has 0 radical (unpaired) electrons. The fourth-order valence-electron chi connectivity index (χ4n) is 1.01. The highest BCUT2D eigenvalue weighted by atomic mass is 16.2. The zero-order chi connectivity index (χ0) is 10.6. The van der Waals surface area contributed by atoms with Crippen LogP contribution in [0.1, 0.15) is 0 Å². The maximum atomic E-state index is 11.2. The molecule has 0 spiro atoms. The van der Waals surface area contributed by atoms with Gasteiger partial charge in [-0.05, 0) is 12.2 Å². The van der Waals surface area contributed by atoms with Crippen LogP contribution in [0.25, 0.3) is 0 Å². The summed E-state index contributed by atoms with van der Waals surface area (Å²) in [6.45, 7) is 7.16. The van der Waals surface area contributed by atoms with Crippen molar-refractivity contribution in [1.82, 2.24) is 9.80 Å². The lowest BCUT2D eigenvalue weighted by Gasteiger charge is -2.28. The van der Waals surface area contributed by atoms with E-state index in [0.29, 0.717) is 0 Å². The van der Waals surface area contributed by atoms with Crippen LogP contribution in [0.4, 0.5) is 0 Å². The lowest BCUT2D eigenvalue weighted by Crippen LogP contribution is -2.45. The summed E-state index contributed by atoms with van der Waals surface area (Å²) >= 11 is 0. The molecule has 0 atom stereocenters. The van der Waals surface area contributed by atoms with Gasteiger partial charge in [-0.25, -0.2) is 0 Å². The van der Waals surface area contributed by atoms with Gasteiger partial charge in [-0.1, -0.05) is 13.2 Å². The van der Waals surface area contributed by atoms with Gasteiger partial charge in [-0.15, -0.1) is 0 Å². The van der Waals surface area contributed by atoms with E-state index in [4.69, 9.17) is 0 Å². The Labute approximate surface area is 82.0 Å². The molecule has 0 aliphatic carbocycles. The lowest BCUT2D eigenvalue weighted by molar-refractivity contribution is -0.131. The zero-order valence-corrected chi connectivity index (χ0v) is 7.72. The smallest absolute Gasteiger partial charge is 0.252 e. The van der Waals surface area contributed by atoms with Gasteiger partial charge >= 0.3 is 0 Å². The molecule has 1 heterocycles. The predicted molar refractivity (Wildman–Crippen MR) is 52.3 cm³/mol. The fourth-order valence-corrected chi connectivity index (χ4v) is 1.01. The molecule has 5 heteroatoms. The van der Waals surface area contributed by atoms with Gasteiger partial charge < -0.3 is 4.90 Å². The van der Waals surface area contributed by atoms with E-state index in [1.807, 2.05) is 0 Å². The Balaban J connectivity index is 2.69. The lowest BCUT2D eigenvalue weighted by atomic mass is 10.4. The monoisotopic (exact) mass is 193 g/mol. The summed E-state index contributed by atoms with van der Waals surface area (Å²) in [6.07, 6.45) is 3.77. The number of nitrogens with zero attached hydrogens (tertiary/aromatic N) is 3. The van der Waals surface area contributed by atoms with Crippen LogP contribution >= 0.6 is 0 Å². The van der Waals surface area contributed by atoms with Gasteiger partial charge in [0.1, 0.15) is 13.3 Å². The summed E-state index contributed by atoms with van der Waals surface area (Å²) in [5.41, 5.74) is 0. The molecule has 0 aromatic rings. The van der Waals surface area contributed by atoms with Crippen molar-refractivity contribution in [1.29, 1.82) is 0 Å². The molecule has 0 aromatic heterocycles. The molecule has 0 aromatic carbocycles. The van der Waals surface area contributed by atoms with E-state index in [0.717, 1.165) is 0 Å². The van der Waals surface area contributed by atoms with Crippen LogP contribution in [0.2, 0.25) is 0 Å². The second-order valence-electron chi connectivity index (χ2n) is 2.68. The molecule has 1 aliphatic rings. The van der Waals surface area contributed by atoms with E-state index < -0.39 is 0 Å². The van der Waals surface area contributed by atoms with Crippen LogP contribution in [0, 0.1) is 0 Å². The van der Waals surface area contributed by atoms with Crippen molar-refractivity contribution >= 4 is 18.2 Å². The standard InChI is InChI=1S/C9H11N3O2/c1-3-8(13)11-5-10-6-12(7-11)9(14)4-2/h3-5H,1-2,6-7H2. The van der Waals surface area contributed by atoms with E-state index >= 15 is 0 Å². The Morgan fingerprint density at radius 2 is 1.93 bits per heavy atom. The van der Waals surface area contributed by atoms with Gasteiger partial charge in [0.25, 0.3) is 5.91 Å². The fraction of sp³-hybridized carbons (Fsp3) is 0.222. The second-order valence-corrected chi connectivity index (χ2v) is 2.68. The molecular formula is C9H11N3O2. The summed E-state index contributed by atoms with van der Waals surface area (Å²) in [4.78, 5) is 28.9. The molecule has 5 nitrogen and oxygen atoms in total. The molecule has 0 saturated carbocycles. The van der Waals surface area contributed by atoms with Gasteiger partial charge in [0, 0.05) is 0 Å². The number of carbonyl (C=O) groups is 2. The van der Waals surface area contributed by atoms with E-state index in [9.17, 15) is 9.59 Å². The molecule has 0 saturated heterocycles. The first-order valence-corrected chi connectivity index (χ1v) is 4.03. The van der Waals surface area contributed by atoms with E-state index in [1.165, 1.54) is 28.3 Å². The normalized spacial score (nSPS) is 15.1. The van der Waals surface area contributed by atoms with Crippen LogP contribution in [0.3, 0.4) is 0 Å². The average molecular weight is 193 g/mol. The summed E-state index contributed by atoms with van der Waals surface area (Å²) in [7, 11) is 0. The molecular weight excluding hydrogens is 182 g/mol. The van der Waals surface area contributed by atoms with Crippen molar-refractivity contribution in [3.63, 3.8) is 0 Å². The number of aliphatic imine (C=N–C) groups is 1. The van der Waals surface area contributed by atoms with Crippen molar-refractivity contribution in [2.45, 2.75) is 0 Å². The average Bonchev–Trinajstić information content (AvgIpc) is 2.27. The molecule has 0 unspecified atom stereocenters. The number of amides is 2. The highest BCUT2D eigenvalue weighted by Crippen LogP contribution is 2.01. The summed E-state index contributed by atoms with van der Waals surface area (Å²) in [5.74, 6) is -0.529. The van der Waals surface area contributed by atoms with Gasteiger partial charge in [0.2, 0.25) is 5.91 Å². The maximum Gasteiger partial charge on any atom is 0.252 e. The van der Waals surface area contributed by atoms with Gasteiger partial charge in [0.05, 0.1) is 6.34 Å². The van der Waals surface area contributed by atoms with Gasteiger partial charge in [-0.2, -0.15) is 0 Å². The highest BCUT2D eigenvalue weighted by molar-refractivity contribution is 5.96. The number of carbonyl (C=O) groups excluding carboxylic acids is 2. The Kier molecular flexibility index (Phi) is 3.17. The minimum absolute atomic E-state index is 0.194. The molecule has 0 N–H and O–H groups in total. The van der Waals surface area contributed by atoms with Gasteiger partial charge in [0.15, 0.2) is 0 Å². The minimum atomic E-state index is -0.282. The van der Waals surface area contributed by atoms with Crippen molar-refractivity contribution in [3.8, 4) is 0 Å². The van der Waals surface area contributed by atoms with Crippen LogP contribution < -0.4 is 0 Å². The number of rotatable bonds is 2. The Morgan fingerprint density at radius 1 is 1.29 bits per heavy atom. The third-order valence-corrected chi connectivity index (χ3v) is 1.74. The first kappa shape index (κ1) is 10.2. The van der Waals surface area contributed by atoms with Crippen molar-refractivity contribution in [3.05, 3.63) is 25.3 Å². The molecule has 0 fully saturated rings. The minimum Gasteiger partial charge on any atom is -0.301 e. The number of hydrogen-bond acceptors (Lipinski definition) is 3. The largest absolute Gasteiger partial charge is 0.301 e. The van der Waals surface area contributed by atoms with E-state index in [2.05, 4.69) is 18.2 Å². The van der Waals surface area contributed by atoms with Crippen molar-refractivity contribution < 1.29 is 9.59 Å². The first-order valence-electron chi connectivity index (χ1n) is 4.03. The Morgan fingerprint density at radius 3 is 2.50 bits per heavy atom. The quantitative estimate of drug-likeness (QED) is 0.578. The predicted octanol–water partition coefficient (Wildman–Crippen LogP) is -0.0275. The second kappa shape index (κ2) is 4.36.